The quantitative estimate of drug-likeness (QED) is 0.900. The van der Waals surface area contributed by atoms with E-state index in [-0.39, 0.29) is 29.8 Å². The van der Waals surface area contributed by atoms with Crippen molar-refractivity contribution >= 4 is 29.9 Å². The highest BCUT2D eigenvalue weighted by Crippen LogP contribution is 2.48. The lowest BCUT2D eigenvalue weighted by Crippen LogP contribution is -2.48. The lowest BCUT2D eigenvalue weighted by atomic mass is 9.94. The number of hydrogen-bond acceptors (Lipinski definition) is 2. The summed E-state index contributed by atoms with van der Waals surface area (Å²) in [6.07, 6.45) is 4.11. The molecule has 1 saturated carbocycles. The van der Waals surface area contributed by atoms with Crippen molar-refractivity contribution in [3.05, 3.63) is 34.9 Å². The SMILES string of the molecule is Cl.O=C(NC1CCCNC1)C1(c2ccc(Cl)cc2)CC1. The average molecular weight is 315 g/mol. The number of nitrogens with one attached hydrogen (secondary N) is 2. The van der Waals surface area contributed by atoms with Crippen molar-refractivity contribution in [3.63, 3.8) is 0 Å². The van der Waals surface area contributed by atoms with Crippen LogP contribution in [0, 0.1) is 0 Å². The van der Waals surface area contributed by atoms with Crippen LogP contribution in [-0.4, -0.2) is 25.0 Å². The highest BCUT2D eigenvalue weighted by molar-refractivity contribution is 6.30. The molecule has 0 spiro atoms. The van der Waals surface area contributed by atoms with Crippen LogP contribution in [0.15, 0.2) is 24.3 Å². The fraction of sp³-hybridized carbons (Fsp3) is 0.533. The molecule has 1 aromatic carbocycles. The number of rotatable bonds is 3. The van der Waals surface area contributed by atoms with Crippen LogP contribution in [0.3, 0.4) is 0 Å². The van der Waals surface area contributed by atoms with Crippen molar-refractivity contribution in [1.82, 2.24) is 10.6 Å². The number of amides is 1. The molecular weight excluding hydrogens is 295 g/mol. The molecule has 1 heterocycles. The van der Waals surface area contributed by atoms with Crippen LogP contribution >= 0.6 is 24.0 Å². The van der Waals surface area contributed by atoms with Gasteiger partial charge in [0.2, 0.25) is 5.91 Å². The van der Waals surface area contributed by atoms with Crippen LogP contribution in [0.2, 0.25) is 5.02 Å². The number of hydrogen-bond donors (Lipinski definition) is 2. The third-order valence-electron chi connectivity index (χ3n) is 4.21. The molecule has 3 rings (SSSR count). The van der Waals surface area contributed by atoms with E-state index in [1.807, 2.05) is 24.3 Å². The summed E-state index contributed by atoms with van der Waals surface area (Å²) < 4.78 is 0. The molecule has 2 fully saturated rings. The number of halogens is 2. The van der Waals surface area contributed by atoms with Crippen LogP contribution in [-0.2, 0) is 10.2 Å². The second-order valence-corrected chi connectivity index (χ2v) is 6.04. The first-order valence-electron chi connectivity index (χ1n) is 6.98. The van der Waals surface area contributed by atoms with E-state index in [1.54, 1.807) is 0 Å². The van der Waals surface area contributed by atoms with Crippen LogP contribution in [0.1, 0.15) is 31.2 Å². The Morgan fingerprint density at radius 3 is 2.55 bits per heavy atom. The zero-order valence-corrected chi connectivity index (χ0v) is 12.9. The molecule has 20 heavy (non-hydrogen) atoms. The monoisotopic (exact) mass is 314 g/mol. The molecule has 1 unspecified atom stereocenters. The molecule has 5 heteroatoms. The smallest absolute Gasteiger partial charge is 0.230 e. The third kappa shape index (κ3) is 3.11. The predicted octanol–water partition coefficient (Wildman–Crippen LogP) is 2.66. The van der Waals surface area contributed by atoms with Gasteiger partial charge in [-0.1, -0.05) is 23.7 Å². The maximum atomic E-state index is 12.5. The predicted molar refractivity (Wildman–Crippen MR) is 83.6 cm³/mol. The van der Waals surface area contributed by atoms with E-state index < -0.39 is 0 Å². The molecule has 1 amide bonds. The summed E-state index contributed by atoms with van der Waals surface area (Å²) in [5.41, 5.74) is 0.806. The first-order valence-corrected chi connectivity index (χ1v) is 7.36. The van der Waals surface area contributed by atoms with Gasteiger partial charge in [0.25, 0.3) is 0 Å². The van der Waals surface area contributed by atoms with Gasteiger partial charge in [0.05, 0.1) is 5.41 Å². The first-order chi connectivity index (χ1) is 9.21. The molecular formula is C15H20Cl2N2O. The normalized spacial score (nSPS) is 23.6. The van der Waals surface area contributed by atoms with E-state index in [0.29, 0.717) is 0 Å². The van der Waals surface area contributed by atoms with Crippen LogP contribution in [0.5, 0.6) is 0 Å². The summed E-state index contributed by atoms with van der Waals surface area (Å²) in [6.45, 7) is 1.96. The average Bonchev–Trinajstić information content (AvgIpc) is 3.22. The van der Waals surface area contributed by atoms with E-state index in [2.05, 4.69) is 10.6 Å². The fourth-order valence-corrected chi connectivity index (χ4v) is 2.97. The van der Waals surface area contributed by atoms with E-state index in [1.165, 1.54) is 0 Å². The van der Waals surface area contributed by atoms with E-state index >= 15 is 0 Å². The van der Waals surface area contributed by atoms with Gasteiger partial charge < -0.3 is 10.6 Å². The van der Waals surface area contributed by atoms with Crippen molar-refractivity contribution in [2.75, 3.05) is 13.1 Å². The molecule has 0 aromatic heterocycles. The zero-order valence-electron chi connectivity index (χ0n) is 11.3. The Bertz CT molecular complexity index is 465. The van der Waals surface area contributed by atoms with Gasteiger partial charge in [0, 0.05) is 17.6 Å². The van der Waals surface area contributed by atoms with Gasteiger partial charge in [0.1, 0.15) is 0 Å². The van der Waals surface area contributed by atoms with E-state index in [4.69, 9.17) is 11.6 Å². The Morgan fingerprint density at radius 2 is 2.00 bits per heavy atom. The molecule has 0 bridgehead atoms. The molecule has 1 atom stereocenters. The topological polar surface area (TPSA) is 41.1 Å². The van der Waals surface area contributed by atoms with Crippen molar-refractivity contribution in [3.8, 4) is 0 Å². The van der Waals surface area contributed by atoms with Crippen LogP contribution in [0.4, 0.5) is 0 Å². The van der Waals surface area contributed by atoms with Gasteiger partial charge in [-0.15, -0.1) is 12.4 Å². The minimum absolute atomic E-state index is 0. The largest absolute Gasteiger partial charge is 0.351 e. The standard InChI is InChI=1S/C15H19ClN2O.ClH/c16-12-5-3-11(4-6-12)15(7-8-15)14(19)18-13-2-1-9-17-10-13;/h3-6,13,17H,1-2,7-10H2,(H,18,19);1H. The second kappa shape index (κ2) is 6.33. The van der Waals surface area contributed by atoms with Gasteiger partial charge in [-0.05, 0) is 49.9 Å². The Kier molecular flexibility index (Phi) is 4.95. The Balaban J connectivity index is 0.00000147. The molecule has 1 saturated heterocycles. The third-order valence-corrected chi connectivity index (χ3v) is 4.47. The van der Waals surface area contributed by atoms with Crippen LogP contribution < -0.4 is 10.6 Å². The summed E-state index contributed by atoms with van der Waals surface area (Å²) >= 11 is 5.91. The summed E-state index contributed by atoms with van der Waals surface area (Å²) in [5, 5.41) is 7.25. The number of piperidine rings is 1. The minimum Gasteiger partial charge on any atom is -0.351 e. The molecule has 110 valence electrons. The van der Waals surface area contributed by atoms with Crippen molar-refractivity contribution in [2.45, 2.75) is 37.1 Å². The van der Waals surface area contributed by atoms with Crippen molar-refractivity contribution < 1.29 is 4.79 Å². The Morgan fingerprint density at radius 1 is 1.30 bits per heavy atom. The number of carbonyl (C=O) groups is 1. The molecule has 1 aliphatic heterocycles. The molecule has 0 radical (unpaired) electrons. The Labute approximate surface area is 130 Å². The van der Waals surface area contributed by atoms with Crippen LogP contribution in [0.25, 0.3) is 0 Å². The number of carbonyl (C=O) groups excluding carboxylic acids is 1. The lowest BCUT2D eigenvalue weighted by Gasteiger charge is -2.26. The van der Waals surface area contributed by atoms with Gasteiger partial charge in [0.15, 0.2) is 0 Å². The summed E-state index contributed by atoms with van der Waals surface area (Å²) in [6, 6.07) is 7.98. The highest BCUT2D eigenvalue weighted by atomic mass is 35.5. The minimum atomic E-state index is -0.290. The van der Waals surface area contributed by atoms with Gasteiger partial charge >= 0.3 is 0 Å². The molecule has 2 N–H and O–H groups in total. The summed E-state index contributed by atoms with van der Waals surface area (Å²) in [4.78, 5) is 12.5. The van der Waals surface area contributed by atoms with Gasteiger partial charge in [-0.3, -0.25) is 4.79 Å². The molecule has 2 aliphatic rings. The fourth-order valence-electron chi connectivity index (χ4n) is 2.84. The first kappa shape index (κ1) is 15.6. The Hall–Kier alpha value is -0.770. The summed E-state index contributed by atoms with van der Waals surface area (Å²) in [7, 11) is 0. The molecule has 1 aromatic rings. The molecule has 3 nitrogen and oxygen atoms in total. The number of benzene rings is 1. The van der Waals surface area contributed by atoms with Gasteiger partial charge in [-0.25, -0.2) is 0 Å². The maximum absolute atomic E-state index is 12.5. The van der Waals surface area contributed by atoms with Crippen molar-refractivity contribution in [1.29, 1.82) is 0 Å². The maximum Gasteiger partial charge on any atom is 0.230 e. The molecule has 1 aliphatic carbocycles. The second-order valence-electron chi connectivity index (χ2n) is 5.61. The zero-order chi connectivity index (χ0) is 13.3. The van der Waals surface area contributed by atoms with Gasteiger partial charge in [-0.2, -0.15) is 0 Å². The summed E-state index contributed by atoms with van der Waals surface area (Å²) in [5.74, 6) is 0.184. The lowest BCUT2D eigenvalue weighted by molar-refractivity contribution is -0.124. The highest BCUT2D eigenvalue weighted by Gasteiger charge is 2.51. The van der Waals surface area contributed by atoms with Crippen molar-refractivity contribution in [2.24, 2.45) is 0 Å². The van der Waals surface area contributed by atoms with E-state index in [0.717, 1.165) is 49.4 Å². The van der Waals surface area contributed by atoms with E-state index in [9.17, 15) is 4.79 Å².